The van der Waals surface area contributed by atoms with Gasteiger partial charge in [0.05, 0.1) is 16.6 Å². The third-order valence-electron chi connectivity index (χ3n) is 3.07. The van der Waals surface area contributed by atoms with E-state index in [0.29, 0.717) is 11.0 Å². The SMILES string of the molecule is CC(C)N(C)C(=O)CS(=O)(=O)c1cccc2nsnc12. The number of amides is 1. The van der Waals surface area contributed by atoms with E-state index >= 15 is 0 Å². The Labute approximate surface area is 121 Å². The Morgan fingerprint density at radius 3 is 2.70 bits per heavy atom. The molecule has 6 nitrogen and oxygen atoms in total. The fraction of sp³-hybridized carbons (Fsp3) is 0.417. The van der Waals surface area contributed by atoms with Crippen LogP contribution in [0.15, 0.2) is 23.1 Å². The Bertz CT molecular complexity index is 737. The molecule has 0 spiro atoms. The maximum absolute atomic E-state index is 12.4. The number of aromatic nitrogens is 2. The van der Waals surface area contributed by atoms with Crippen LogP contribution >= 0.6 is 11.7 Å². The van der Waals surface area contributed by atoms with Gasteiger partial charge in [-0.25, -0.2) is 8.42 Å². The molecule has 1 amide bonds. The molecule has 1 aromatic heterocycles. The molecule has 20 heavy (non-hydrogen) atoms. The van der Waals surface area contributed by atoms with Crippen molar-refractivity contribution in [2.45, 2.75) is 24.8 Å². The van der Waals surface area contributed by atoms with Crippen molar-refractivity contribution in [1.82, 2.24) is 13.6 Å². The molecular formula is C12H15N3O3S2. The molecule has 0 N–H and O–H groups in total. The fourth-order valence-electron chi connectivity index (χ4n) is 1.66. The zero-order valence-electron chi connectivity index (χ0n) is 11.4. The molecule has 0 aliphatic heterocycles. The van der Waals surface area contributed by atoms with Crippen molar-refractivity contribution >= 4 is 38.5 Å². The topological polar surface area (TPSA) is 80.2 Å². The summed E-state index contributed by atoms with van der Waals surface area (Å²) in [5.74, 6) is -0.988. The summed E-state index contributed by atoms with van der Waals surface area (Å²) in [6.45, 7) is 3.66. The minimum Gasteiger partial charge on any atom is -0.342 e. The highest BCUT2D eigenvalue weighted by Crippen LogP contribution is 2.22. The van der Waals surface area contributed by atoms with Gasteiger partial charge in [-0.15, -0.1) is 0 Å². The van der Waals surface area contributed by atoms with Gasteiger partial charge in [-0.2, -0.15) is 8.75 Å². The lowest BCUT2D eigenvalue weighted by molar-refractivity contribution is -0.128. The van der Waals surface area contributed by atoms with Crippen LogP contribution in [0.3, 0.4) is 0 Å². The molecule has 0 saturated heterocycles. The maximum atomic E-state index is 12.4. The molecule has 8 heteroatoms. The van der Waals surface area contributed by atoms with Crippen LogP contribution in [-0.2, 0) is 14.6 Å². The van der Waals surface area contributed by atoms with Crippen LogP contribution in [0.4, 0.5) is 0 Å². The molecule has 1 aromatic carbocycles. The van der Waals surface area contributed by atoms with E-state index in [1.54, 1.807) is 19.2 Å². The van der Waals surface area contributed by atoms with Crippen molar-refractivity contribution in [2.24, 2.45) is 0 Å². The first-order valence-corrected chi connectivity index (χ1v) is 8.41. The second-order valence-electron chi connectivity index (χ2n) is 4.75. The van der Waals surface area contributed by atoms with Gasteiger partial charge in [0.1, 0.15) is 16.8 Å². The molecule has 2 rings (SSSR count). The molecule has 0 saturated carbocycles. The van der Waals surface area contributed by atoms with Crippen LogP contribution in [0, 0.1) is 0 Å². The average molecular weight is 313 g/mol. The molecule has 0 unspecified atom stereocenters. The Kier molecular flexibility index (Phi) is 4.05. The molecule has 0 atom stereocenters. The largest absolute Gasteiger partial charge is 0.342 e. The summed E-state index contributed by atoms with van der Waals surface area (Å²) >= 11 is 0.953. The summed E-state index contributed by atoms with van der Waals surface area (Å²) in [7, 11) is -2.13. The van der Waals surface area contributed by atoms with E-state index in [1.165, 1.54) is 11.0 Å². The average Bonchev–Trinajstić information content (AvgIpc) is 2.84. The first-order chi connectivity index (χ1) is 9.33. The highest BCUT2D eigenvalue weighted by molar-refractivity contribution is 7.92. The lowest BCUT2D eigenvalue weighted by Crippen LogP contribution is -2.37. The van der Waals surface area contributed by atoms with Gasteiger partial charge < -0.3 is 4.90 Å². The maximum Gasteiger partial charge on any atom is 0.238 e. The van der Waals surface area contributed by atoms with Gasteiger partial charge in [0, 0.05) is 13.1 Å². The number of benzene rings is 1. The third kappa shape index (κ3) is 2.80. The van der Waals surface area contributed by atoms with Gasteiger partial charge in [0.25, 0.3) is 0 Å². The number of hydrogen-bond donors (Lipinski definition) is 0. The van der Waals surface area contributed by atoms with E-state index in [0.717, 1.165) is 11.7 Å². The van der Waals surface area contributed by atoms with E-state index in [2.05, 4.69) is 8.75 Å². The lowest BCUT2D eigenvalue weighted by Gasteiger charge is -2.21. The lowest BCUT2D eigenvalue weighted by atomic mass is 10.3. The van der Waals surface area contributed by atoms with Gasteiger partial charge in [-0.1, -0.05) is 6.07 Å². The summed E-state index contributed by atoms with van der Waals surface area (Å²) in [6.07, 6.45) is 0. The Hall–Kier alpha value is -1.54. The van der Waals surface area contributed by atoms with Crippen LogP contribution in [0.2, 0.25) is 0 Å². The predicted octanol–water partition coefficient (Wildman–Crippen LogP) is 1.33. The normalized spacial score (nSPS) is 12.0. The van der Waals surface area contributed by atoms with Crippen LogP contribution in [0.25, 0.3) is 11.0 Å². The zero-order chi connectivity index (χ0) is 14.9. The van der Waals surface area contributed by atoms with Crippen LogP contribution in [-0.4, -0.2) is 46.8 Å². The monoisotopic (exact) mass is 313 g/mol. The van der Waals surface area contributed by atoms with Gasteiger partial charge in [0.2, 0.25) is 5.91 Å². The molecule has 0 radical (unpaired) electrons. The number of rotatable bonds is 4. The molecule has 108 valence electrons. The summed E-state index contributed by atoms with van der Waals surface area (Å²) in [4.78, 5) is 13.4. The Balaban J connectivity index is 2.36. The van der Waals surface area contributed by atoms with Crippen LogP contribution in [0.1, 0.15) is 13.8 Å². The number of hydrogen-bond acceptors (Lipinski definition) is 6. The summed E-state index contributed by atoms with van der Waals surface area (Å²) in [5.41, 5.74) is 0.859. The van der Waals surface area contributed by atoms with Crippen molar-refractivity contribution in [1.29, 1.82) is 0 Å². The number of fused-ring (bicyclic) bond motifs is 1. The van der Waals surface area contributed by atoms with Gasteiger partial charge in [-0.05, 0) is 26.0 Å². The molecule has 0 fully saturated rings. The highest BCUT2D eigenvalue weighted by Gasteiger charge is 2.25. The Morgan fingerprint density at radius 1 is 1.35 bits per heavy atom. The van der Waals surface area contributed by atoms with Crippen molar-refractivity contribution in [3.05, 3.63) is 18.2 Å². The third-order valence-corrected chi connectivity index (χ3v) is 5.23. The van der Waals surface area contributed by atoms with E-state index in [1.807, 2.05) is 13.8 Å². The number of nitrogens with zero attached hydrogens (tertiary/aromatic N) is 3. The Morgan fingerprint density at radius 2 is 2.05 bits per heavy atom. The minimum absolute atomic E-state index is 0.0468. The molecule has 1 heterocycles. The van der Waals surface area contributed by atoms with Gasteiger partial charge in [-0.3, -0.25) is 4.79 Å². The molecule has 2 aromatic rings. The van der Waals surface area contributed by atoms with E-state index in [-0.39, 0.29) is 10.9 Å². The first-order valence-electron chi connectivity index (χ1n) is 6.02. The van der Waals surface area contributed by atoms with E-state index in [4.69, 9.17) is 0 Å². The smallest absolute Gasteiger partial charge is 0.238 e. The predicted molar refractivity (Wildman–Crippen MR) is 77.4 cm³/mol. The number of sulfone groups is 1. The van der Waals surface area contributed by atoms with Crippen molar-refractivity contribution in [3.8, 4) is 0 Å². The minimum atomic E-state index is -3.72. The zero-order valence-corrected chi connectivity index (χ0v) is 13.0. The molecule has 0 bridgehead atoms. The summed E-state index contributed by atoms with van der Waals surface area (Å²) in [5, 5.41) is 0. The van der Waals surface area contributed by atoms with Gasteiger partial charge in [0.15, 0.2) is 9.84 Å². The molecule has 0 aliphatic carbocycles. The van der Waals surface area contributed by atoms with Crippen molar-refractivity contribution in [3.63, 3.8) is 0 Å². The second-order valence-corrected chi connectivity index (χ2v) is 7.23. The molecule has 0 aliphatic rings. The van der Waals surface area contributed by atoms with Crippen LogP contribution in [0.5, 0.6) is 0 Å². The van der Waals surface area contributed by atoms with Crippen LogP contribution < -0.4 is 0 Å². The number of carbonyl (C=O) groups is 1. The highest BCUT2D eigenvalue weighted by atomic mass is 32.2. The quantitative estimate of drug-likeness (QED) is 0.850. The summed E-state index contributed by atoms with van der Waals surface area (Å²) in [6, 6.07) is 4.71. The second kappa shape index (κ2) is 5.45. The van der Waals surface area contributed by atoms with E-state index < -0.39 is 21.5 Å². The summed E-state index contributed by atoms with van der Waals surface area (Å²) < 4.78 is 32.7. The van der Waals surface area contributed by atoms with E-state index in [9.17, 15) is 13.2 Å². The number of carbonyl (C=O) groups excluding carboxylic acids is 1. The molecular weight excluding hydrogens is 298 g/mol. The first kappa shape index (κ1) is 14.9. The van der Waals surface area contributed by atoms with Crippen molar-refractivity contribution in [2.75, 3.05) is 12.8 Å². The fourth-order valence-corrected chi connectivity index (χ4v) is 3.68. The standard InChI is InChI=1S/C12H15N3O3S2/c1-8(2)15(3)11(16)7-20(17,18)10-6-4-5-9-12(10)14-19-13-9/h4-6,8H,7H2,1-3H3. The van der Waals surface area contributed by atoms with Gasteiger partial charge >= 0.3 is 0 Å². The van der Waals surface area contributed by atoms with Crippen molar-refractivity contribution < 1.29 is 13.2 Å².